The zero-order chi connectivity index (χ0) is 16.8. The third-order valence-corrected chi connectivity index (χ3v) is 4.11. The Morgan fingerprint density at radius 3 is 1.86 bits per heavy atom. The first-order chi connectivity index (χ1) is 10.4. The zero-order valence-electron chi connectivity index (χ0n) is 13.9. The fourth-order valence-electron chi connectivity index (χ4n) is 1.95. The van der Waals surface area contributed by atoms with Crippen LogP contribution in [0.3, 0.4) is 0 Å². The van der Waals surface area contributed by atoms with Gasteiger partial charge in [0.2, 0.25) is 0 Å². The molecule has 0 fully saturated rings. The number of carbonyl (C=O) groups excluding carboxylic acids is 1. The molecule has 132 valence electrons. The van der Waals surface area contributed by atoms with Gasteiger partial charge in [0, 0.05) is 0 Å². The first-order valence-electron chi connectivity index (χ1n) is 8.27. The number of hydrogen-bond acceptors (Lipinski definition) is 6. The Kier molecular flexibility index (Phi) is 12.5. The highest BCUT2D eigenvalue weighted by atomic mass is 32.3. The van der Waals surface area contributed by atoms with Crippen LogP contribution in [-0.4, -0.2) is 27.0 Å². The largest absolute Gasteiger partial charge is 0.451 e. The normalized spacial score (nSPS) is 13.0. The van der Waals surface area contributed by atoms with E-state index in [1.165, 1.54) is 51.9 Å². The Hall–Kier alpha value is -0.660. The Bertz CT molecular complexity index is 381. The summed E-state index contributed by atoms with van der Waals surface area (Å²) in [5.74, 6) is -1.01. The first kappa shape index (κ1) is 21.3. The van der Waals surface area contributed by atoms with E-state index < -0.39 is 22.4 Å². The van der Waals surface area contributed by atoms with Crippen molar-refractivity contribution in [1.82, 2.24) is 0 Å². The molecule has 0 spiro atoms. The van der Waals surface area contributed by atoms with Gasteiger partial charge in [0.05, 0.1) is 6.61 Å². The fraction of sp³-hybridized carbons (Fsp3) is 0.933. The molecule has 0 saturated heterocycles. The molecule has 2 N–H and O–H groups in total. The van der Waals surface area contributed by atoms with Crippen LogP contribution in [0.1, 0.15) is 78.1 Å². The third kappa shape index (κ3) is 13.0. The van der Waals surface area contributed by atoms with Crippen LogP contribution in [-0.2, 0) is 23.6 Å². The van der Waals surface area contributed by atoms with Crippen molar-refractivity contribution in [3.05, 3.63) is 0 Å². The van der Waals surface area contributed by atoms with Crippen LogP contribution in [0.25, 0.3) is 0 Å². The van der Waals surface area contributed by atoms with Gasteiger partial charge in [0.25, 0.3) is 0 Å². The molecule has 0 saturated carbocycles. The minimum Gasteiger partial charge on any atom is -0.323 e. The van der Waals surface area contributed by atoms with Gasteiger partial charge < -0.3 is 9.92 Å². The smallest absolute Gasteiger partial charge is 0.323 e. The van der Waals surface area contributed by atoms with Crippen molar-refractivity contribution < 1.29 is 21.6 Å². The molecule has 0 rings (SSSR count). The molecule has 0 radical (unpaired) electrons. The average molecular weight is 337 g/mol. The van der Waals surface area contributed by atoms with Gasteiger partial charge in [-0.05, 0) is 13.3 Å². The average Bonchev–Trinajstić information content (AvgIpc) is 2.44. The summed E-state index contributed by atoms with van der Waals surface area (Å²) in [5.41, 5.74) is 5.21. The van der Waals surface area contributed by atoms with Crippen LogP contribution in [0.5, 0.6) is 0 Å². The highest BCUT2D eigenvalue weighted by molar-refractivity contribution is 7.82. The molecule has 0 heterocycles. The minimum absolute atomic E-state index is 0.0328. The lowest BCUT2D eigenvalue weighted by Gasteiger charge is -2.07. The van der Waals surface area contributed by atoms with Crippen LogP contribution < -0.4 is 5.73 Å². The van der Waals surface area contributed by atoms with Crippen molar-refractivity contribution in [1.29, 1.82) is 0 Å². The second-order valence-electron chi connectivity index (χ2n) is 5.60. The molecule has 0 aromatic heterocycles. The number of hydrogen-bond donors (Lipinski definition) is 1. The SMILES string of the molecule is CCCCCCCCCCCCOS(=O)(=O)OC(=O)[C@H](C)N. The van der Waals surface area contributed by atoms with E-state index in [0.29, 0.717) is 6.42 Å². The summed E-state index contributed by atoms with van der Waals surface area (Å²) >= 11 is 0. The molecule has 1 atom stereocenters. The van der Waals surface area contributed by atoms with E-state index in [0.717, 1.165) is 12.8 Å². The van der Waals surface area contributed by atoms with Crippen LogP contribution in [0.15, 0.2) is 0 Å². The molecule has 0 aromatic carbocycles. The molecule has 0 aliphatic rings. The Balaban J connectivity index is 3.47. The van der Waals surface area contributed by atoms with Crippen molar-refractivity contribution in [2.24, 2.45) is 5.73 Å². The highest BCUT2D eigenvalue weighted by Crippen LogP contribution is 2.11. The number of carbonyl (C=O) groups is 1. The van der Waals surface area contributed by atoms with E-state index in [1.54, 1.807) is 0 Å². The zero-order valence-corrected chi connectivity index (χ0v) is 14.7. The quantitative estimate of drug-likeness (QED) is 0.489. The molecule has 0 aliphatic carbocycles. The molecular formula is C15H31NO5S. The second kappa shape index (κ2) is 12.8. The lowest BCUT2D eigenvalue weighted by molar-refractivity contribution is -0.135. The summed E-state index contributed by atoms with van der Waals surface area (Å²) < 4.78 is 31.3. The summed E-state index contributed by atoms with van der Waals surface area (Å²) in [6.07, 6.45) is 11.5. The third-order valence-electron chi connectivity index (χ3n) is 3.28. The summed E-state index contributed by atoms with van der Waals surface area (Å²) in [6.45, 7) is 3.59. The van der Waals surface area contributed by atoms with Crippen LogP contribution >= 0.6 is 0 Å². The second-order valence-corrected chi connectivity index (χ2v) is 6.82. The monoisotopic (exact) mass is 337 g/mol. The lowest BCUT2D eigenvalue weighted by Crippen LogP contribution is -2.31. The lowest BCUT2D eigenvalue weighted by atomic mass is 10.1. The molecule has 0 aromatic rings. The van der Waals surface area contributed by atoms with Gasteiger partial charge in [-0.2, -0.15) is 8.42 Å². The van der Waals surface area contributed by atoms with Crippen LogP contribution in [0.4, 0.5) is 0 Å². The van der Waals surface area contributed by atoms with Crippen LogP contribution in [0.2, 0.25) is 0 Å². The van der Waals surface area contributed by atoms with Gasteiger partial charge in [-0.1, -0.05) is 64.7 Å². The molecule has 22 heavy (non-hydrogen) atoms. The topological polar surface area (TPSA) is 95.7 Å². The summed E-state index contributed by atoms with van der Waals surface area (Å²) in [6, 6.07) is -0.990. The molecule has 7 heteroatoms. The molecule has 0 unspecified atom stereocenters. The standard InChI is InChI=1S/C15H31NO5S/c1-3-4-5-6-7-8-9-10-11-12-13-20-22(18,19)21-15(17)14(2)16/h14H,3-13,16H2,1-2H3/t14-/m0/s1. The van der Waals surface area contributed by atoms with Gasteiger partial charge in [-0.15, -0.1) is 0 Å². The highest BCUT2D eigenvalue weighted by Gasteiger charge is 2.20. The van der Waals surface area contributed by atoms with E-state index in [9.17, 15) is 13.2 Å². The number of nitrogens with two attached hydrogens (primary N) is 1. The molecule has 6 nitrogen and oxygen atoms in total. The van der Waals surface area contributed by atoms with E-state index in [4.69, 9.17) is 5.73 Å². The predicted octanol–water partition coefficient (Wildman–Crippen LogP) is 3.06. The number of rotatable bonds is 14. The van der Waals surface area contributed by atoms with Gasteiger partial charge in [-0.25, -0.2) is 8.98 Å². The van der Waals surface area contributed by atoms with Crippen LogP contribution in [0, 0.1) is 0 Å². The Morgan fingerprint density at radius 2 is 1.41 bits per heavy atom. The molecule has 0 bridgehead atoms. The Morgan fingerprint density at radius 1 is 0.955 bits per heavy atom. The summed E-state index contributed by atoms with van der Waals surface area (Å²) in [5, 5.41) is 0. The van der Waals surface area contributed by atoms with E-state index in [1.807, 2.05) is 0 Å². The number of unbranched alkanes of at least 4 members (excludes halogenated alkanes) is 9. The van der Waals surface area contributed by atoms with Gasteiger partial charge in [0.15, 0.2) is 0 Å². The van der Waals surface area contributed by atoms with Gasteiger partial charge in [0.1, 0.15) is 6.04 Å². The Labute approximate surface area is 135 Å². The summed E-state index contributed by atoms with van der Waals surface area (Å²) in [4.78, 5) is 11.1. The fourth-order valence-corrected chi connectivity index (χ4v) is 2.67. The first-order valence-corrected chi connectivity index (χ1v) is 9.60. The molecular weight excluding hydrogens is 306 g/mol. The maximum atomic E-state index is 11.3. The molecule has 0 amide bonds. The predicted molar refractivity (Wildman–Crippen MR) is 86.5 cm³/mol. The van der Waals surface area contributed by atoms with Gasteiger partial charge in [-0.3, -0.25) is 0 Å². The van der Waals surface area contributed by atoms with E-state index in [-0.39, 0.29) is 6.61 Å². The van der Waals surface area contributed by atoms with Crippen molar-refractivity contribution >= 4 is 16.4 Å². The van der Waals surface area contributed by atoms with E-state index in [2.05, 4.69) is 15.3 Å². The van der Waals surface area contributed by atoms with Gasteiger partial charge >= 0.3 is 16.4 Å². The summed E-state index contributed by atoms with van der Waals surface area (Å²) in [7, 11) is -4.27. The molecule has 0 aliphatic heterocycles. The van der Waals surface area contributed by atoms with Crippen molar-refractivity contribution in [2.75, 3.05) is 6.61 Å². The maximum absolute atomic E-state index is 11.3. The minimum atomic E-state index is -4.27. The van der Waals surface area contributed by atoms with Crippen molar-refractivity contribution in [2.45, 2.75) is 84.1 Å². The van der Waals surface area contributed by atoms with Crippen molar-refractivity contribution in [3.8, 4) is 0 Å². The van der Waals surface area contributed by atoms with E-state index >= 15 is 0 Å². The van der Waals surface area contributed by atoms with Crippen molar-refractivity contribution in [3.63, 3.8) is 0 Å². The maximum Gasteiger partial charge on any atom is 0.451 e.